The summed E-state index contributed by atoms with van der Waals surface area (Å²) in [5.41, 5.74) is 1.89. The van der Waals surface area contributed by atoms with Crippen LogP contribution < -0.4 is 21.3 Å². The van der Waals surface area contributed by atoms with Crippen LogP contribution in [0.2, 0.25) is 0 Å². The highest BCUT2D eigenvalue weighted by Crippen LogP contribution is 2.30. The van der Waals surface area contributed by atoms with E-state index in [-0.39, 0.29) is 23.8 Å². The summed E-state index contributed by atoms with van der Waals surface area (Å²) in [5.74, 6) is -1.68. The molecule has 4 N–H and O–H groups in total. The number of anilines is 1. The lowest BCUT2D eigenvalue weighted by Gasteiger charge is -2.29. The second kappa shape index (κ2) is 11.8. The lowest BCUT2D eigenvalue weighted by atomic mass is 9.84. The normalized spacial score (nSPS) is 14.0. The fourth-order valence-corrected chi connectivity index (χ4v) is 4.31. The van der Waals surface area contributed by atoms with Crippen molar-refractivity contribution < 1.29 is 23.5 Å². The predicted molar refractivity (Wildman–Crippen MR) is 147 cm³/mol. The fraction of sp³-hybridized carbons (Fsp3) is 0.233. The molecule has 0 saturated carbocycles. The van der Waals surface area contributed by atoms with Crippen molar-refractivity contribution in [3.8, 4) is 0 Å². The SMILES string of the molecule is CC(C)(C)OC(=O)N[C@H](C(=O)Nc1ccc(C2=CNC(=O)NC2)c(F)c1)C(c1ccccc1)c1ccccc1. The Labute approximate surface area is 226 Å². The van der Waals surface area contributed by atoms with Crippen LogP contribution in [0.15, 0.2) is 85.1 Å². The minimum Gasteiger partial charge on any atom is -0.444 e. The topological polar surface area (TPSA) is 109 Å². The average Bonchev–Trinajstić information content (AvgIpc) is 2.89. The first-order chi connectivity index (χ1) is 18.6. The zero-order valence-corrected chi connectivity index (χ0v) is 22.0. The maximum absolute atomic E-state index is 15.0. The van der Waals surface area contributed by atoms with Gasteiger partial charge in [0.15, 0.2) is 0 Å². The second-order valence-corrected chi connectivity index (χ2v) is 10.1. The molecule has 0 spiro atoms. The molecule has 0 saturated heterocycles. The maximum Gasteiger partial charge on any atom is 0.408 e. The highest BCUT2D eigenvalue weighted by molar-refractivity contribution is 5.98. The summed E-state index contributed by atoms with van der Waals surface area (Å²) in [7, 11) is 0. The Bertz CT molecular complexity index is 1330. The Kier molecular flexibility index (Phi) is 8.29. The molecule has 0 unspecified atom stereocenters. The molecule has 1 heterocycles. The van der Waals surface area contributed by atoms with E-state index < -0.39 is 35.4 Å². The third-order valence-corrected chi connectivity index (χ3v) is 6.00. The molecule has 1 aliphatic heterocycles. The van der Waals surface area contributed by atoms with Crippen LogP contribution in [-0.4, -0.2) is 36.2 Å². The van der Waals surface area contributed by atoms with Crippen molar-refractivity contribution in [3.63, 3.8) is 0 Å². The Hall–Kier alpha value is -4.66. The number of ether oxygens (including phenoxy) is 1. The van der Waals surface area contributed by atoms with Gasteiger partial charge in [-0.05, 0) is 55.7 Å². The van der Waals surface area contributed by atoms with E-state index in [1.54, 1.807) is 26.8 Å². The number of nitrogens with one attached hydrogen (secondary N) is 4. The van der Waals surface area contributed by atoms with E-state index in [0.29, 0.717) is 5.57 Å². The molecular weight excluding hydrogens is 499 g/mol. The molecule has 1 atom stereocenters. The first-order valence-corrected chi connectivity index (χ1v) is 12.5. The molecule has 0 fully saturated rings. The highest BCUT2D eigenvalue weighted by Gasteiger charge is 2.34. The van der Waals surface area contributed by atoms with Gasteiger partial charge in [0.1, 0.15) is 17.5 Å². The molecule has 0 aromatic heterocycles. The van der Waals surface area contributed by atoms with E-state index in [1.165, 1.54) is 18.3 Å². The highest BCUT2D eigenvalue weighted by atomic mass is 19.1. The molecule has 202 valence electrons. The van der Waals surface area contributed by atoms with E-state index in [0.717, 1.165) is 11.1 Å². The molecule has 4 amide bonds. The molecule has 0 bridgehead atoms. The van der Waals surface area contributed by atoms with Gasteiger partial charge in [0.05, 0.1) is 0 Å². The monoisotopic (exact) mass is 530 g/mol. The van der Waals surface area contributed by atoms with Crippen LogP contribution in [0.1, 0.15) is 43.4 Å². The number of alkyl carbamates (subject to hydrolysis) is 1. The summed E-state index contributed by atoms with van der Waals surface area (Å²) >= 11 is 0. The smallest absolute Gasteiger partial charge is 0.408 e. The van der Waals surface area contributed by atoms with E-state index in [2.05, 4.69) is 21.3 Å². The van der Waals surface area contributed by atoms with Crippen molar-refractivity contribution in [3.05, 3.63) is 108 Å². The molecule has 39 heavy (non-hydrogen) atoms. The van der Waals surface area contributed by atoms with Crippen molar-refractivity contribution >= 4 is 29.3 Å². The maximum atomic E-state index is 15.0. The largest absolute Gasteiger partial charge is 0.444 e. The number of hydrogen-bond donors (Lipinski definition) is 4. The van der Waals surface area contributed by atoms with Crippen LogP contribution in [-0.2, 0) is 9.53 Å². The van der Waals surface area contributed by atoms with Gasteiger partial charge >= 0.3 is 12.1 Å². The van der Waals surface area contributed by atoms with Gasteiger partial charge in [-0.2, -0.15) is 0 Å². The van der Waals surface area contributed by atoms with Crippen LogP contribution in [0.5, 0.6) is 0 Å². The van der Waals surface area contributed by atoms with Gasteiger partial charge in [-0.25, -0.2) is 14.0 Å². The minimum atomic E-state index is -1.09. The molecule has 0 radical (unpaired) electrons. The van der Waals surface area contributed by atoms with Crippen LogP contribution in [0.3, 0.4) is 0 Å². The summed E-state index contributed by atoms with van der Waals surface area (Å²) in [6.07, 6.45) is 0.695. The quantitative estimate of drug-likeness (QED) is 0.339. The molecule has 8 nitrogen and oxygen atoms in total. The lowest BCUT2D eigenvalue weighted by Crippen LogP contribution is -2.49. The lowest BCUT2D eigenvalue weighted by molar-refractivity contribution is -0.118. The Morgan fingerprint density at radius 2 is 1.56 bits per heavy atom. The van der Waals surface area contributed by atoms with Gasteiger partial charge in [0.2, 0.25) is 5.91 Å². The van der Waals surface area contributed by atoms with Crippen molar-refractivity contribution in [1.82, 2.24) is 16.0 Å². The number of amides is 4. The van der Waals surface area contributed by atoms with E-state index in [4.69, 9.17) is 4.74 Å². The van der Waals surface area contributed by atoms with Gasteiger partial charge in [-0.15, -0.1) is 0 Å². The van der Waals surface area contributed by atoms with Gasteiger partial charge in [0.25, 0.3) is 0 Å². The summed E-state index contributed by atoms with van der Waals surface area (Å²) in [5, 5.41) is 10.6. The van der Waals surface area contributed by atoms with Crippen molar-refractivity contribution in [1.29, 1.82) is 0 Å². The van der Waals surface area contributed by atoms with Gasteiger partial charge in [0, 0.05) is 29.9 Å². The predicted octanol–water partition coefficient (Wildman–Crippen LogP) is 5.14. The molecule has 3 aromatic rings. The molecule has 4 rings (SSSR count). The summed E-state index contributed by atoms with van der Waals surface area (Å²) in [6.45, 7) is 5.38. The minimum absolute atomic E-state index is 0.173. The first kappa shape index (κ1) is 27.4. The van der Waals surface area contributed by atoms with E-state index in [1.807, 2.05) is 60.7 Å². The first-order valence-electron chi connectivity index (χ1n) is 12.5. The summed E-state index contributed by atoms with van der Waals surface area (Å²) in [4.78, 5) is 38.0. The summed E-state index contributed by atoms with van der Waals surface area (Å²) < 4.78 is 20.5. The van der Waals surface area contributed by atoms with E-state index in [9.17, 15) is 14.4 Å². The van der Waals surface area contributed by atoms with Crippen LogP contribution in [0, 0.1) is 5.82 Å². The second-order valence-electron chi connectivity index (χ2n) is 10.1. The Morgan fingerprint density at radius 3 is 2.08 bits per heavy atom. The van der Waals surface area contributed by atoms with Crippen LogP contribution in [0.25, 0.3) is 5.57 Å². The Morgan fingerprint density at radius 1 is 0.949 bits per heavy atom. The van der Waals surface area contributed by atoms with Crippen LogP contribution >= 0.6 is 0 Å². The van der Waals surface area contributed by atoms with Crippen LogP contribution in [0.4, 0.5) is 19.7 Å². The van der Waals surface area contributed by atoms with E-state index >= 15 is 4.39 Å². The number of hydrogen-bond acceptors (Lipinski definition) is 4. The van der Waals surface area contributed by atoms with Crippen molar-refractivity contribution in [2.45, 2.75) is 38.3 Å². The molecule has 1 aliphatic rings. The zero-order chi connectivity index (χ0) is 28.0. The molecule has 9 heteroatoms. The third-order valence-electron chi connectivity index (χ3n) is 6.00. The van der Waals surface area contributed by atoms with Gasteiger partial charge < -0.3 is 26.0 Å². The number of carbonyl (C=O) groups is 3. The number of carbonyl (C=O) groups excluding carboxylic acids is 3. The van der Waals surface area contributed by atoms with Gasteiger partial charge in [-0.1, -0.05) is 60.7 Å². The standard InChI is InChI=1S/C30H31FN4O4/c1-30(2,3)39-29(38)35-26(25(19-10-6-4-7-11-19)20-12-8-5-9-13-20)27(36)34-22-14-15-23(24(31)16-22)21-17-32-28(37)33-18-21/h4-17,25-26H,18H2,1-3H3,(H,34,36)(H,35,38)(H2,32,33,37)/t26-/m0/s1. The molecule has 3 aromatic carbocycles. The number of halogens is 1. The fourth-order valence-electron chi connectivity index (χ4n) is 4.31. The van der Waals surface area contributed by atoms with Crippen molar-refractivity contribution in [2.75, 3.05) is 11.9 Å². The number of benzene rings is 3. The van der Waals surface area contributed by atoms with Crippen molar-refractivity contribution in [2.24, 2.45) is 0 Å². The molecular formula is C30H31FN4O4. The third kappa shape index (κ3) is 7.22. The van der Waals surface area contributed by atoms with Gasteiger partial charge in [-0.3, -0.25) is 4.79 Å². The zero-order valence-electron chi connectivity index (χ0n) is 22.0. The summed E-state index contributed by atoms with van der Waals surface area (Å²) in [6, 6.07) is 21.6. The number of rotatable bonds is 7. The average molecular weight is 531 g/mol. The molecule has 0 aliphatic carbocycles. The Balaban J connectivity index is 1.66. The number of urea groups is 1.